The molecule has 104 valence electrons. The summed E-state index contributed by atoms with van der Waals surface area (Å²) in [5.74, 6) is 0.790. The largest absolute Gasteiger partial charge is 0.313 e. The second kappa shape index (κ2) is 6.23. The first-order valence-corrected chi connectivity index (χ1v) is 7.68. The highest BCUT2D eigenvalue weighted by atomic mass is 14.9. The van der Waals surface area contributed by atoms with E-state index in [1.54, 1.807) is 5.56 Å². The van der Waals surface area contributed by atoms with Crippen molar-refractivity contribution in [2.24, 2.45) is 0 Å². The third-order valence-corrected chi connectivity index (χ3v) is 4.55. The van der Waals surface area contributed by atoms with Gasteiger partial charge in [-0.25, -0.2) is 0 Å². The second-order valence-corrected chi connectivity index (χ2v) is 5.79. The summed E-state index contributed by atoms with van der Waals surface area (Å²) in [6.07, 6.45) is 5.17. The average Bonchev–Trinajstić information content (AvgIpc) is 2.45. The van der Waals surface area contributed by atoms with E-state index in [9.17, 15) is 0 Å². The van der Waals surface area contributed by atoms with Gasteiger partial charge in [-0.3, -0.25) is 0 Å². The Morgan fingerprint density at radius 3 is 2.35 bits per heavy atom. The fourth-order valence-electron chi connectivity index (χ4n) is 3.14. The lowest BCUT2D eigenvalue weighted by atomic mass is 9.76. The normalized spacial score (nSPS) is 16.6. The molecular formula is C19H23N. The third-order valence-electron chi connectivity index (χ3n) is 4.55. The van der Waals surface area contributed by atoms with Gasteiger partial charge in [0.05, 0.1) is 0 Å². The van der Waals surface area contributed by atoms with Crippen molar-refractivity contribution < 1.29 is 0 Å². The zero-order chi connectivity index (χ0) is 13.8. The van der Waals surface area contributed by atoms with Gasteiger partial charge >= 0.3 is 0 Å². The van der Waals surface area contributed by atoms with Crippen LogP contribution in [0.4, 0.5) is 0 Å². The van der Waals surface area contributed by atoms with Crippen LogP contribution in [0.5, 0.6) is 0 Å². The molecule has 0 bridgehead atoms. The van der Waals surface area contributed by atoms with Crippen molar-refractivity contribution in [3.8, 4) is 0 Å². The molecule has 0 saturated heterocycles. The van der Waals surface area contributed by atoms with Crippen LogP contribution < -0.4 is 5.32 Å². The molecular weight excluding hydrogens is 242 g/mol. The van der Waals surface area contributed by atoms with Crippen molar-refractivity contribution in [2.75, 3.05) is 7.05 Å². The summed E-state index contributed by atoms with van der Waals surface area (Å²) in [5.41, 5.74) is 4.45. The van der Waals surface area contributed by atoms with Crippen LogP contribution in [0.1, 0.15) is 47.9 Å². The molecule has 1 N–H and O–H groups in total. The molecule has 1 nitrogen and oxygen atoms in total. The number of likely N-dealkylation sites (N-methyl/N-ethyl adjacent to an activating group) is 1. The minimum Gasteiger partial charge on any atom is -0.313 e. The van der Waals surface area contributed by atoms with Crippen LogP contribution in [-0.4, -0.2) is 7.05 Å². The molecule has 1 unspecified atom stereocenters. The van der Waals surface area contributed by atoms with E-state index < -0.39 is 0 Å². The Bertz CT molecular complexity index is 543. The molecule has 0 amide bonds. The second-order valence-electron chi connectivity index (χ2n) is 5.79. The molecule has 20 heavy (non-hydrogen) atoms. The minimum atomic E-state index is 0.411. The van der Waals surface area contributed by atoms with Gasteiger partial charge in [0.1, 0.15) is 0 Å². The molecule has 1 fully saturated rings. The summed E-state index contributed by atoms with van der Waals surface area (Å²) in [7, 11) is 2.07. The van der Waals surface area contributed by atoms with Crippen LogP contribution in [0.15, 0.2) is 54.6 Å². The fraction of sp³-hybridized carbons (Fsp3) is 0.368. The average molecular weight is 265 g/mol. The maximum absolute atomic E-state index is 3.51. The van der Waals surface area contributed by atoms with Crippen LogP contribution in [0.3, 0.4) is 0 Å². The van der Waals surface area contributed by atoms with E-state index in [1.807, 2.05) is 0 Å². The Morgan fingerprint density at radius 2 is 1.70 bits per heavy atom. The Kier molecular flexibility index (Phi) is 4.17. The van der Waals surface area contributed by atoms with Crippen LogP contribution in [0, 0.1) is 0 Å². The summed E-state index contributed by atoms with van der Waals surface area (Å²) in [4.78, 5) is 0. The highest BCUT2D eigenvalue weighted by molar-refractivity contribution is 5.35. The molecule has 1 aliphatic carbocycles. The first-order valence-electron chi connectivity index (χ1n) is 7.68. The lowest BCUT2D eigenvalue weighted by molar-refractivity contribution is 0.412. The van der Waals surface area contributed by atoms with E-state index in [1.165, 1.54) is 30.4 Å². The molecule has 2 aromatic rings. The van der Waals surface area contributed by atoms with E-state index in [2.05, 4.69) is 67.0 Å². The summed E-state index contributed by atoms with van der Waals surface area (Å²) in [6.45, 7) is 0. The van der Waals surface area contributed by atoms with Crippen molar-refractivity contribution in [3.05, 3.63) is 71.3 Å². The highest BCUT2D eigenvalue weighted by Crippen LogP contribution is 2.39. The Hall–Kier alpha value is -1.60. The smallest absolute Gasteiger partial charge is 0.0361 e. The SMILES string of the molecule is CNC(Cc1ccccc1)c1ccccc1C1CCC1. The number of hydrogen-bond acceptors (Lipinski definition) is 1. The number of rotatable bonds is 5. The molecule has 1 aliphatic rings. The van der Waals surface area contributed by atoms with Gasteiger partial charge in [-0.05, 0) is 48.9 Å². The molecule has 0 spiro atoms. The molecule has 1 saturated carbocycles. The monoisotopic (exact) mass is 265 g/mol. The topological polar surface area (TPSA) is 12.0 Å². The summed E-state index contributed by atoms with van der Waals surface area (Å²) < 4.78 is 0. The fourth-order valence-corrected chi connectivity index (χ4v) is 3.14. The maximum atomic E-state index is 3.51. The predicted octanol–water partition coefficient (Wildman–Crippen LogP) is 4.46. The van der Waals surface area contributed by atoms with Crippen molar-refractivity contribution in [1.29, 1.82) is 0 Å². The molecule has 0 heterocycles. The van der Waals surface area contributed by atoms with Crippen LogP contribution >= 0.6 is 0 Å². The van der Waals surface area contributed by atoms with E-state index in [4.69, 9.17) is 0 Å². The van der Waals surface area contributed by atoms with Gasteiger partial charge < -0.3 is 5.32 Å². The predicted molar refractivity (Wildman–Crippen MR) is 85.0 cm³/mol. The number of hydrogen-bond donors (Lipinski definition) is 1. The molecule has 1 heteroatoms. The maximum Gasteiger partial charge on any atom is 0.0361 e. The summed E-state index contributed by atoms with van der Waals surface area (Å²) in [6, 6.07) is 20.2. The quantitative estimate of drug-likeness (QED) is 0.841. The van der Waals surface area contributed by atoms with E-state index in [-0.39, 0.29) is 0 Å². The van der Waals surface area contributed by atoms with Gasteiger partial charge in [0.25, 0.3) is 0 Å². The number of nitrogens with one attached hydrogen (secondary N) is 1. The van der Waals surface area contributed by atoms with Gasteiger partial charge in [-0.15, -0.1) is 0 Å². The third kappa shape index (κ3) is 2.78. The van der Waals surface area contributed by atoms with Crippen molar-refractivity contribution >= 4 is 0 Å². The van der Waals surface area contributed by atoms with Gasteiger partial charge in [-0.2, -0.15) is 0 Å². The van der Waals surface area contributed by atoms with Crippen molar-refractivity contribution in [1.82, 2.24) is 5.32 Å². The Labute approximate surface area is 122 Å². The number of benzene rings is 2. The van der Waals surface area contributed by atoms with Gasteiger partial charge in [0.15, 0.2) is 0 Å². The van der Waals surface area contributed by atoms with Crippen molar-refractivity contribution in [2.45, 2.75) is 37.6 Å². The van der Waals surface area contributed by atoms with E-state index in [0.717, 1.165) is 12.3 Å². The van der Waals surface area contributed by atoms with Gasteiger partial charge in [0.2, 0.25) is 0 Å². The summed E-state index contributed by atoms with van der Waals surface area (Å²) >= 11 is 0. The molecule has 3 rings (SSSR count). The van der Waals surface area contributed by atoms with Crippen LogP contribution in [0.25, 0.3) is 0 Å². The zero-order valence-electron chi connectivity index (χ0n) is 12.2. The molecule has 1 atom stereocenters. The Balaban J connectivity index is 1.85. The van der Waals surface area contributed by atoms with E-state index in [0.29, 0.717) is 6.04 Å². The van der Waals surface area contributed by atoms with Crippen LogP contribution in [-0.2, 0) is 6.42 Å². The lowest BCUT2D eigenvalue weighted by Crippen LogP contribution is -2.22. The molecule has 0 aliphatic heterocycles. The van der Waals surface area contributed by atoms with Gasteiger partial charge in [-0.1, -0.05) is 61.0 Å². The highest BCUT2D eigenvalue weighted by Gasteiger charge is 2.24. The van der Waals surface area contributed by atoms with Crippen molar-refractivity contribution in [3.63, 3.8) is 0 Å². The van der Waals surface area contributed by atoms with Gasteiger partial charge in [0, 0.05) is 6.04 Å². The zero-order valence-corrected chi connectivity index (χ0v) is 12.2. The molecule has 0 aromatic heterocycles. The molecule has 0 radical (unpaired) electrons. The first kappa shape index (κ1) is 13.4. The van der Waals surface area contributed by atoms with E-state index >= 15 is 0 Å². The Morgan fingerprint density at radius 1 is 1.00 bits per heavy atom. The van der Waals surface area contributed by atoms with Crippen LogP contribution in [0.2, 0.25) is 0 Å². The first-order chi connectivity index (χ1) is 9.88. The minimum absolute atomic E-state index is 0.411. The summed E-state index contributed by atoms with van der Waals surface area (Å²) in [5, 5.41) is 3.51. The lowest BCUT2D eigenvalue weighted by Gasteiger charge is -2.30. The molecule has 2 aromatic carbocycles. The standard InChI is InChI=1S/C19H23N/c1-20-19(14-15-8-3-2-4-9-15)18-13-6-5-12-17(18)16-10-7-11-16/h2-6,8-9,12-13,16,19-20H,7,10-11,14H2,1H3.